The van der Waals surface area contributed by atoms with Gasteiger partial charge in [-0.2, -0.15) is 0 Å². The summed E-state index contributed by atoms with van der Waals surface area (Å²) in [6.07, 6.45) is -1.22. The van der Waals surface area contributed by atoms with Crippen molar-refractivity contribution >= 4 is 11.8 Å². The third kappa shape index (κ3) is 7.85. The van der Waals surface area contributed by atoms with Gasteiger partial charge in [0, 0.05) is 18.3 Å². The minimum absolute atomic E-state index is 0.163. The molecular weight excluding hydrogens is 284 g/mol. The third-order valence-corrected chi connectivity index (χ3v) is 2.65. The van der Waals surface area contributed by atoms with Crippen molar-refractivity contribution in [1.29, 1.82) is 0 Å². The zero-order valence-corrected chi connectivity index (χ0v) is 13.6. The van der Waals surface area contributed by atoms with Crippen LogP contribution in [0.4, 0.5) is 10.5 Å². The molecule has 1 aromatic carbocycles. The molecule has 6 heteroatoms. The number of aliphatic hydroxyl groups is 1. The van der Waals surface area contributed by atoms with E-state index in [4.69, 9.17) is 9.47 Å². The van der Waals surface area contributed by atoms with Gasteiger partial charge in [0.05, 0.1) is 6.10 Å². The fraction of sp³-hybridized carbons (Fsp3) is 0.562. The summed E-state index contributed by atoms with van der Waals surface area (Å²) in [6, 6.07) is 7.22. The molecule has 0 spiro atoms. The Kier molecular flexibility index (Phi) is 7.70. The van der Waals surface area contributed by atoms with Gasteiger partial charge in [0.25, 0.3) is 0 Å². The molecule has 1 rings (SSSR count). The number of carbonyl (C=O) groups is 1. The summed E-state index contributed by atoms with van der Waals surface area (Å²) in [5.74, 6) is 0.631. The van der Waals surface area contributed by atoms with Crippen LogP contribution in [0.15, 0.2) is 24.3 Å². The van der Waals surface area contributed by atoms with E-state index in [0.717, 1.165) is 0 Å². The number of carbonyl (C=O) groups excluding carboxylic acids is 1. The van der Waals surface area contributed by atoms with Gasteiger partial charge in [-0.1, -0.05) is 13.8 Å². The highest BCUT2D eigenvalue weighted by Gasteiger charge is 2.07. The molecule has 0 saturated carbocycles. The van der Waals surface area contributed by atoms with E-state index in [0.29, 0.717) is 24.0 Å². The number of rotatable bonds is 8. The number of benzene rings is 1. The lowest BCUT2D eigenvalue weighted by Crippen LogP contribution is -2.35. The van der Waals surface area contributed by atoms with E-state index in [1.54, 1.807) is 38.1 Å². The zero-order chi connectivity index (χ0) is 16.5. The van der Waals surface area contributed by atoms with Crippen molar-refractivity contribution in [2.24, 2.45) is 0 Å². The SMILES string of the molecule is CC(C)NCC(O)COc1ccc(NC(=O)OC(C)C)cc1. The largest absolute Gasteiger partial charge is 0.491 e. The first-order valence-corrected chi connectivity index (χ1v) is 7.48. The fourth-order valence-corrected chi connectivity index (χ4v) is 1.62. The average Bonchev–Trinajstić information content (AvgIpc) is 2.43. The highest BCUT2D eigenvalue weighted by atomic mass is 16.6. The molecule has 0 aliphatic carbocycles. The molecule has 6 nitrogen and oxygen atoms in total. The monoisotopic (exact) mass is 310 g/mol. The fourth-order valence-electron chi connectivity index (χ4n) is 1.62. The number of nitrogens with one attached hydrogen (secondary N) is 2. The number of hydrogen-bond donors (Lipinski definition) is 3. The molecule has 0 aliphatic rings. The Balaban J connectivity index is 2.37. The third-order valence-electron chi connectivity index (χ3n) is 2.65. The van der Waals surface area contributed by atoms with Crippen molar-refractivity contribution < 1.29 is 19.4 Å². The Morgan fingerprint density at radius 2 is 1.82 bits per heavy atom. The predicted molar refractivity (Wildman–Crippen MR) is 86.3 cm³/mol. The molecule has 0 heterocycles. The van der Waals surface area contributed by atoms with E-state index in [-0.39, 0.29) is 12.7 Å². The van der Waals surface area contributed by atoms with E-state index >= 15 is 0 Å². The van der Waals surface area contributed by atoms with Gasteiger partial charge in [-0.3, -0.25) is 5.32 Å². The second-order valence-electron chi connectivity index (χ2n) is 5.63. The van der Waals surface area contributed by atoms with E-state index in [1.165, 1.54) is 0 Å². The number of hydrogen-bond acceptors (Lipinski definition) is 5. The molecule has 0 fully saturated rings. The van der Waals surface area contributed by atoms with Crippen molar-refractivity contribution in [1.82, 2.24) is 5.32 Å². The second-order valence-corrected chi connectivity index (χ2v) is 5.63. The Bertz CT molecular complexity index is 446. The Morgan fingerprint density at radius 1 is 1.18 bits per heavy atom. The predicted octanol–water partition coefficient (Wildman–Crippen LogP) is 2.38. The van der Waals surface area contributed by atoms with Crippen LogP contribution in [0.1, 0.15) is 27.7 Å². The molecule has 0 radical (unpaired) electrons. The quantitative estimate of drug-likeness (QED) is 0.687. The molecular formula is C16H26N2O4. The average molecular weight is 310 g/mol. The van der Waals surface area contributed by atoms with Crippen LogP contribution in [0, 0.1) is 0 Å². The van der Waals surface area contributed by atoms with Gasteiger partial charge in [-0.05, 0) is 38.1 Å². The van der Waals surface area contributed by atoms with Crippen LogP contribution in [0.25, 0.3) is 0 Å². The lowest BCUT2D eigenvalue weighted by Gasteiger charge is -2.15. The first-order chi connectivity index (χ1) is 10.4. The number of ether oxygens (including phenoxy) is 2. The molecule has 3 N–H and O–H groups in total. The summed E-state index contributed by atoms with van der Waals surface area (Å²) in [6.45, 7) is 8.30. The smallest absolute Gasteiger partial charge is 0.411 e. The maximum atomic E-state index is 11.4. The van der Waals surface area contributed by atoms with E-state index in [9.17, 15) is 9.90 Å². The van der Waals surface area contributed by atoms with E-state index in [1.807, 2.05) is 13.8 Å². The summed E-state index contributed by atoms with van der Waals surface area (Å²) in [5.41, 5.74) is 0.625. The van der Waals surface area contributed by atoms with Gasteiger partial charge >= 0.3 is 6.09 Å². The molecule has 1 aromatic rings. The Hall–Kier alpha value is -1.79. The molecule has 1 unspecified atom stereocenters. The highest BCUT2D eigenvalue weighted by Crippen LogP contribution is 2.16. The molecule has 0 saturated heterocycles. The Morgan fingerprint density at radius 3 is 2.36 bits per heavy atom. The summed E-state index contributed by atoms with van der Waals surface area (Å²) < 4.78 is 10.5. The molecule has 0 aliphatic heterocycles. The van der Waals surface area contributed by atoms with Crippen molar-refractivity contribution in [3.05, 3.63) is 24.3 Å². The normalized spacial score (nSPS) is 12.3. The van der Waals surface area contributed by atoms with Crippen LogP contribution in [0.3, 0.4) is 0 Å². The molecule has 124 valence electrons. The minimum atomic E-state index is -0.568. The van der Waals surface area contributed by atoms with Crippen LogP contribution in [-0.4, -0.2) is 42.6 Å². The van der Waals surface area contributed by atoms with Crippen molar-refractivity contribution in [3.63, 3.8) is 0 Å². The summed E-state index contributed by atoms with van der Waals surface area (Å²) in [4.78, 5) is 11.4. The molecule has 1 amide bonds. The summed E-state index contributed by atoms with van der Waals surface area (Å²) in [5, 5.41) is 15.5. The number of amides is 1. The standard InChI is InChI=1S/C16H26N2O4/c1-11(2)17-9-14(19)10-21-15-7-5-13(6-8-15)18-16(20)22-12(3)4/h5-8,11-12,14,17,19H,9-10H2,1-4H3,(H,18,20). The topological polar surface area (TPSA) is 79.8 Å². The molecule has 0 aromatic heterocycles. The van der Waals surface area contributed by atoms with Crippen LogP contribution in [-0.2, 0) is 4.74 Å². The van der Waals surface area contributed by atoms with Gasteiger partial charge in [0.1, 0.15) is 18.5 Å². The first-order valence-electron chi connectivity index (χ1n) is 7.48. The van der Waals surface area contributed by atoms with Crippen molar-refractivity contribution in [3.8, 4) is 5.75 Å². The van der Waals surface area contributed by atoms with E-state index in [2.05, 4.69) is 10.6 Å². The van der Waals surface area contributed by atoms with Gasteiger partial charge < -0.3 is 19.9 Å². The number of aliphatic hydroxyl groups excluding tert-OH is 1. The van der Waals surface area contributed by atoms with Gasteiger partial charge in [0.15, 0.2) is 0 Å². The van der Waals surface area contributed by atoms with Crippen LogP contribution in [0.2, 0.25) is 0 Å². The highest BCUT2D eigenvalue weighted by molar-refractivity contribution is 5.84. The first kappa shape index (κ1) is 18.3. The van der Waals surface area contributed by atoms with Crippen LogP contribution in [0.5, 0.6) is 5.75 Å². The lowest BCUT2D eigenvalue weighted by molar-refractivity contribution is 0.104. The second kappa shape index (κ2) is 9.27. The van der Waals surface area contributed by atoms with Crippen LogP contribution >= 0.6 is 0 Å². The minimum Gasteiger partial charge on any atom is -0.491 e. The van der Waals surface area contributed by atoms with Gasteiger partial charge in [0.2, 0.25) is 0 Å². The maximum absolute atomic E-state index is 11.4. The number of anilines is 1. The van der Waals surface area contributed by atoms with Gasteiger partial charge in [-0.25, -0.2) is 4.79 Å². The van der Waals surface area contributed by atoms with Crippen LogP contribution < -0.4 is 15.4 Å². The summed E-state index contributed by atoms with van der Waals surface area (Å²) >= 11 is 0. The lowest BCUT2D eigenvalue weighted by atomic mass is 10.3. The van der Waals surface area contributed by atoms with E-state index < -0.39 is 12.2 Å². The summed E-state index contributed by atoms with van der Waals surface area (Å²) in [7, 11) is 0. The molecule has 1 atom stereocenters. The van der Waals surface area contributed by atoms with Gasteiger partial charge in [-0.15, -0.1) is 0 Å². The van der Waals surface area contributed by atoms with Crippen molar-refractivity contribution in [2.45, 2.75) is 45.9 Å². The Labute approximate surface area is 131 Å². The molecule has 22 heavy (non-hydrogen) atoms. The zero-order valence-electron chi connectivity index (χ0n) is 13.6. The van der Waals surface area contributed by atoms with Crippen molar-refractivity contribution in [2.75, 3.05) is 18.5 Å². The molecule has 0 bridgehead atoms. The maximum Gasteiger partial charge on any atom is 0.411 e.